The number of nitrogens with zero attached hydrogens (tertiary/aromatic N) is 2. The molecule has 0 aliphatic carbocycles. The topological polar surface area (TPSA) is 50.8 Å². The molecular weight excluding hydrogens is 238 g/mol. The van der Waals surface area contributed by atoms with Crippen LogP contribution in [-0.2, 0) is 0 Å². The summed E-state index contributed by atoms with van der Waals surface area (Å²) in [7, 11) is 1.69. The lowest BCUT2D eigenvalue weighted by atomic mass is 9.89. The van der Waals surface area contributed by atoms with Gasteiger partial charge in [-0.05, 0) is 25.0 Å². The monoisotopic (exact) mass is 261 g/mol. The molecule has 2 N–H and O–H groups in total. The molecule has 2 rings (SSSR count). The van der Waals surface area contributed by atoms with E-state index in [0.29, 0.717) is 5.96 Å². The van der Waals surface area contributed by atoms with Gasteiger partial charge < -0.3 is 15.4 Å². The summed E-state index contributed by atoms with van der Waals surface area (Å²) in [6.45, 7) is 5.17. The summed E-state index contributed by atoms with van der Waals surface area (Å²) in [6, 6.07) is 7.99. The number of hydrogen-bond acceptors (Lipinski definition) is 4. The van der Waals surface area contributed by atoms with Gasteiger partial charge in [0.2, 0.25) is 0 Å². The largest absolute Gasteiger partial charge is 0.495 e. The quantitative estimate of drug-likeness (QED) is 0.886. The zero-order valence-corrected chi connectivity index (χ0v) is 12.0. The van der Waals surface area contributed by atoms with E-state index in [4.69, 9.17) is 10.5 Å². The smallest absolute Gasteiger partial charge is 0.196 e. The van der Waals surface area contributed by atoms with Crippen LogP contribution in [0.25, 0.3) is 0 Å². The molecule has 4 nitrogen and oxygen atoms in total. The molecule has 1 atom stereocenters. The third kappa shape index (κ3) is 2.27. The molecule has 0 amide bonds. The molecule has 0 saturated heterocycles. The second-order valence-corrected chi connectivity index (χ2v) is 5.01. The van der Waals surface area contributed by atoms with E-state index in [2.05, 4.69) is 23.7 Å². The molecule has 1 aliphatic heterocycles. The van der Waals surface area contributed by atoms with E-state index >= 15 is 0 Å². The Morgan fingerprint density at radius 3 is 2.74 bits per heavy atom. The number of hydrogen-bond donors (Lipinski definition) is 1. The van der Waals surface area contributed by atoms with Crippen LogP contribution in [0.2, 0.25) is 0 Å². The van der Waals surface area contributed by atoms with Crippen molar-refractivity contribution in [2.75, 3.05) is 18.6 Å². The van der Waals surface area contributed by atoms with Crippen LogP contribution < -0.4 is 15.4 Å². The maximum Gasteiger partial charge on any atom is 0.196 e. The molecule has 1 aliphatic rings. The Kier molecular flexibility index (Phi) is 3.98. The number of para-hydroxylation sites is 2. The molecule has 104 valence electrons. The summed E-state index contributed by atoms with van der Waals surface area (Å²) in [5.41, 5.74) is 7.14. The normalized spacial score (nSPS) is 22.5. The first-order chi connectivity index (χ1) is 9.18. The highest BCUT2D eigenvalue weighted by atomic mass is 16.5. The van der Waals surface area contributed by atoms with E-state index in [1.54, 1.807) is 7.11 Å². The Labute approximate surface area is 115 Å². The van der Waals surface area contributed by atoms with Crippen molar-refractivity contribution in [2.24, 2.45) is 10.7 Å². The van der Waals surface area contributed by atoms with Crippen LogP contribution in [0.15, 0.2) is 29.3 Å². The van der Waals surface area contributed by atoms with Gasteiger partial charge in [0.05, 0.1) is 24.9 Å². The van der Waals surface area contributed by atoms with E-state index < -0.39 is 0 Å². The highest BCUT2D eigenvalue weighted by Crippen LogP contribution is 2.39. The van der Waals surface area contributed by atoms with Crippen LogP contribution in [0.1, 0.15) is 33.1 Å². The van der Waals surface area contributed by atoms with Crippen molar-refractivity contribution in [3.63, 3.8) is 0 Å². The molecule has 19 heavy (non-hydrogen) atoms. The standard InChI is InChI=1S/C15H23N3O/c1-4-10-15(5-2)11-17-14(16)18(15)12-8-6-7-9-13(12)19-3/h6-9H,4-5,10-11H2,1-3H3,(H2,16,17). The number of guanidine groups is 1. The minimum absolute atomic E-state index is 0.00648. The molecule has 0 saturated carbocycles. The molecular formula is C15H23N3O. The molecule has 0 spiro atoms. The molecule has 1 aromatic carbocycles. The van der Waals surface area contributed by atoms with Crippen LogP contribution in [0.4, 0.5) is 5.69 Å². The number of rotatable bonds is 5. The predicted octanol–water partition coefficient (Wildman–Crippen LogP) is 2.78. The van der Waals surface area contributed by atoms with Gasteiger partial charge in [-0.25, -0.2) is 0 Å². The Bertz CT molecular complexity index is 472. The Morgan fingerprint density at radius 1 is 1.37 bits per heavy atom. The fourth-order valence-electron chi connectivity index (χ4n) is 2.91. The minimum atomic E-state index is -0.00648. The molecule has 1 aromatic rings. The van der Waals surface area contributed by atoms with Gasteiger partial charge >= 0.3 is 0 Å². The molecule has 1 unspecified atom stereocenters. The first kappa shape index (κ1) is 13.7. The van der Waals surface area contributed by atoms with Crippen LogP contribution in [0.5, 0.6) is 5.75 Å². The molecule has 1 heterocycles. The van der Waals surface area contributed by atoms with Crippen LogP contribution in [0, 0.1) is 0 Å². The molecule has 4 heteroatoms. The minimum Gasteiger partial charge on any atom is -0.495 e. The molecule has 0 bridgehead atoms. The fourth-order valence-corrected chi connectivity index (χ4v) is 2.91. The van der Waals surface area contributed by atoms with Crippen molar-refractivity contribution in [2.45, 2.75) is 38.6 Å². The lowest BCUT2D eigenvalue weighted by molar-refractivity contribution is 0.388. The van der Waals surface area contributed by atoms with Gasteiger partial charge in [-0.3, -0.25) is 4.99 Å². The van der Waals surface area contributed by atoms with Crippen LogP contribution >= 0.6 is 0 Å². The average molecular weight is 261 g/mol. The summed E-state index contributed by atoms with van der Waals surface area (Å²) in [4.78, 5) is 6.64. The third-order valence-corrected chi connectivity index (χ3v) is 3.94. The fraction of sp³-hybridized carbons (Fsp3) is 0.533. The first-order valence-corrected chi connectivity index (χ1v) is 6.91. The second kappa shape index (κ2) is 5.51. The van der Waals surface area contributed by atoms with Crippen molar-refractivity contribution < 1.29 is 4.74 Å². The summed E-state index contributed by atoms with van der Waals surface area (Å²) in [5.74, 6) is 1.44. The Hall–Kier alpha value is -1.71. The SMILES string of the molecule is CCCC1(CC)CN=C(N)N1c1ccccc1OC. The van der Waals surface area contributed by atoms with Gasteiger partial charge in [0.25, 0.3) is 0 Å². The molecule has 0 radical (unpaired) electrons. The number of nitrogens with two attached hydrogens (primary N) is 1. The predicted molar refractivity (Wildman–Crippen MR) is 79.9 cm³/mol. The van der Waals surface area contributed by atoms with Crippen molar-refractivity contribution in [1.82, 2.24) is 0 Å². The lowest BCUT2D eigenvalue weighted by Crippen LogP contribution is -2.51. The van der Waals surface area contributed by atoms with Gasteiger partial charge in [-0.15, -0.1) is 0 Å². The van der Waals surface area contributed by atoms with Crippen LogP contribution in [-0.4, -0.2) is 25.2 Å². The van der Waals surface area contributed by atoms with Gasteiger partial charge in [0.1, 0.15) is 5.75 Å². The molecule has 0 fully saturated rings. The van der Waals surface area contributed by atoms with E-state index in [1.807, 2.05) is 24.3 Å². The van der Waals surface area contributed by atoms with E-state index in [9.17, 15) is 0 Å². The van der Waals surface area contributed by atoms with Crippen molar-refractivity contribution in [3.8, 4) is 5.75 Å². The second-order valence-electron chi connectivity index (χ2n) is 5.01. The zero-order chi connectivity index (χ0) is 13.9. The summed E-state index contributed by atoms with van der Waals surface area (Å²) >= 11 is 0. The van der Waals surface area contributed by atoms with Crippen molar-refractivity contribution in [3.05, 3.63) is 24.3 Å². The van der Waals surface area contributed by atoms with E-state index in [1.165, 1.54) is 0 Å². The summed E-state index contributed by atoms with van der Waals surface area (Å²) < 4.78 is 5.47. The highest BCUT2D eigenvalue weighted by Gasteiger charge is 2.41. The Morgan fingerprint density at radius 2 is 2.11 bits per heavy atom. The zero-order valence-electron chi connectivity index (χ0n) is 12.0. The summed E-state index contributed by atoms with van der Waals surface area (Å²) in [5, 5.41) is 0. The van der Waals surface area contributed by atoms with Gasteiger partial charge in [0, 0.05) is 0 Å². The number of benzene rings is 1. The summed E-state index contributed by atoms with van der Waals surface area (Å²) in [6.07, 6.45) is 3.21. The number of aliphatic imine (C=N–C) groups is 1. The third-order valence-electron chi connectivity index (χ3n) is 3.94. The number of anilines is 1. The Balaban J connectivity index is 2.46. The maximum absolute atomic E-state index is 6.14. The van der Waals surface area contributed by atoms with Crippen molar-refractivity contribution in [1.29, 1.82) is 0 Å². The van der Waals surface area contributed by atoms with E-state index in [0.717, 1.165) is 37.2 Å². The number of methoxy groups -OCH3 is 1. The van der Waals surface area contributed by atoms with Crippen LogP contribution in [0.3, 0.4) is 0 Å². The van der Waals surface area contributed by atoms with Gasteiger partial charge in [-0.1, -0.05) is 32.4 Å². The maximum atomic E-state index is 6.14. The number of ether oxygens (including phenoxy) is 1. The average Bonchev–Trinajstić information content (AvgIpc) is 2.76. The first-order valence-electron chi connectivity index (χ1n) is 6.91. The van der Waals surface area contributed by atoms with Crippen molar-refractivity contribution >= 4 is 11.6 Å². The molecule has 0 aromatic heterocycles. The van der Waals surface area contributed by atoms with Gasteiger partial charge in [0.15, 0.2) is 5.96 Å². The van der Waals surface area contributed by atoms with Gasteiger partial charge in [-0.2, -0.15) is 0 Å². The van der Waals surface area contributed by atoms with E-state index in [-0.39, 0.29) is 5.54 Å². The lowest BCUT2D eigenvalue weighted by Gasteiger charge is -2.39. The highest BCUT2D eigenvalue weighted by molar-refractivity contribution is 5.99.